The maximum Gasteiger partial charge on any atom is 0.119 e. The van der Waals surface area contributed by atoms with Crippen LogP contribution < -0.4 is 5.43 Å². The van der Waals surface area contributed by atoms with Crippen LogP contribution in [0.15, 0.2) is 35.4 Å². The minimum atomic E-state index is -1.47. The van der Waals surface area contributed by atoms with Gasteiger partial charge in [-0.05, 0) is 12.1 Å². The van der Waals surface area contributed by atoms with Crippen molar-refractivity contribution in [1.29, 1.82) is 0 Å². The van der Waals surface area contributed by atoms with Crippen LogP contribution in [-0.2, 0) is 0 Å². The maximum atomic E-state index is 9.39. The van der Waals surface area contributed by atoms with Gasteiger partial charge in [-0.25, -0.2) is 0 Å². The Balaban J connectivity index is 2.43. The highest BCUT2D eigenvalue weighted by Crippen LogP contribution is 2.04. The first-order valence-corrected chi connectivity index (χ1v) is 5.14. The smallest absolute Gasteiger partial charge is 0.119 e. The molecule has 0 saturated carbocycles. The van der Waals surface area contributed by atoms with Crippen LogP contribution in [0.3, 0.4) is 0 Å². The van der Waals surface area contributed by atoms with E-state index in [1.54, 1.807) is 12.1 Å². The highest BCUT2D eigenvalue weighted by atomic mass is 16.4. The molecule has 0 aromatic heterocycles. The largest absolute Gasteiger partial charge is 0.394 e. The summed E-state index contributed by atoms with van der Waals surface area (Å²) >= 11 is 0. The third-order valence-electron chi connectivity index (χ3n) is 2.13. The van der Waals surface area contributed by atoms with E-state index in [1.165, 1.54) is 0 Å². The molecule has 0 fully saturated rings. The van der Waals surface area contributed by atoms with Gasteiger partial charge in [0.2, 0.25) is 0 Å². The summed E-state index contributed by atoms with van der Waals surface area (Å²) < 4.78 is 0. The van der Waals surface area contributed by atoms with E-state index in [0.717, 1.165) is 11.9 Å². The Morgan fingerprint density at radius 3 is 2.41 bits per heavy atom. The molecule has 17 heavy (non-hydrogen) atoms. The maximum absolute atomic E-state index is 9.39. The summed E-state index contributed by atoms with van der Waals surface area (Å²) in [6, 6.07) is 9.05. The highest BCUT2D eigenvalue weighted by Gasteiger charge is 2.22. The van der Waals surface area contributed by atoms with Gasteiger partial charge >= 0.3 is 0 Å². The fourth-order valence-corrected chi connectivity index (χ4v) is 1.12. The van der Waals surface area contributed by atoms with Crippen molar-refractivity contribution < 1.29 is 20.4 Å². The van der Waals surface area contributed by atoms with E-state index < -0.39 is 24.9 Å². The zero-order valence-corrected chi connectivity index (χ0v) is 9.14. The Morgan fingerprint density at radius 2 is 1.82 bits per heavy atom. The predicted octanol–water partition coefficient (Wildman–Crippen LogP) is -0.841. The number of aliphatic hydroxyl groups is 4. The number of benzene rings is 1. The predicted molar refractivity (Wildman–Crippen MR) is 63.7 cm³/mol. The molecular weight excluding hydrogens is 224 g/mol. The summed E-state index contributed by atoms with van der Waals surface area (Å²) in [4.78, 5) is 0. The number of nitrogens with one attached hydrogen (secondary N) is 1. The van der Waals surface area contributed by atoms with Gasteiger partial charge in [0.05, 0.1) is 18.5 Å². The lowest BCUT2D eigenvalue weighted by molar-refractivity contribution is -0.0541. The lowest BCUT2D eigenvalue weighted by Gasteiger charge is -2.18. The third kappa shape index (κ3) is 4.49. The number of nitrogens with zero attached hydrogens (tertiary/aromatic N) is 1. The van der Waals surface area contributed by atoms with Crippen LogP contribution in [0.25, 0.3) is 0 Å². The summed E-state index contributed by atoms with van der Waals surface area (Å²) in [5.74, 6) is 0. The number of para-hydroxylation sites is 1. The molecule has 94 valence electrons. The Kier molecular flexibility index (Phi) is 5.58. The lowest BCUT2D eigenvalue weighted by atomic mass is 10.1. The Bertz CT molecular complexity index is 345. The molecule has 0 heterocycles. The average molecular weight is 240 g/mol. The first-order valence-electron chi connectivity index (χ1n) is 5.14. The van der Waals surface area contributed by atoms with Crippen LogP contribution in [0, 0.1) is 0 Å². The van der Waals surface area contributed by atoms with E-state index in [2.05, 4.69) is 10.5 Å². The summed E-state index contributed by atoms with van der Waals surface area (Å²) in [5.41, 5.74) is 3.37. The SMILES string of the molecule is OC[C@@H](O)[C@@H](O)[C@@H](O)/C=N\Nc1ccccc1. The Hall–Kier alpha value is -1.47. The molecule has 1 rings (SSSR count). The molecule has 0 aliphatic carbocycles. The van der Waals surface area contributed by atoms with Crippen molar-refractivity contribution in [2.75, 3.05) is 12.0 Å². The van der Waals surface area contributed by atoms with Crippen molar-refractivity contribution in [1.82, 2.24) is 0 Å². The van der Waals surface area contributed by atoms with Gasteiger partial charge < -0.3 is 20.4 Å². The minimum absolute atomic E-state index is 0.627. The number of rotatable bonds is 6. The molecular formula is C11H16N2O4. The monoisotopic (exact) mass is 240 g/mol. The summed E-state index contributed by atoms with van der Waals surface area (Å²) in [6.45, 7) is -0.627. The van der Waals surface area contributed by atoms with E-state index in [1.807, 2.05) is 18.2 Å². The Morgan fingerprint density at radius 1 is 1.18 bits per heavy atom. The number of hydrazone groups is 1. The normalized spacial score (nSPS) is 16.7. The molecule has 0 radical (unpaired) electrons. The second kappa shape index (κ2) is 6.97. The van der Waals surface area contributed by atoms with Crippen molar-refractivity contribution in [3.63, 3.8) is 0 Å². The minimum Gasteiger partial charge on any atom is -0.394 e. The van der Waals surface area contributed by atoms with Crippen molar-refractivity contribution in [2.24, 2.45) is 5.10 Å². The van der Waals surface area contributed by atoms with Crippen LogP contribution in [0.4, 0.5) is 5.69 Å². The molecule has 0 spiro atoms. The van der Waals surface area contributed by atoms with Gasteiger partial charge in [-0.2, -0.15) is 5.10 Å². The van der Waals surface area contributed by atoms with E-state index in [4.69, 9.17) is 10.2 Å². The van der Waals surface area contributed by atoms with Crippen LogP contribution in [0.5, 0.6) is 0 Å². The van der Waals surface area contributed by atoms with Gasteiger partial charge in [0.25, 0.3) is 0 Å². The molecule has 1 aromatic rings. The molecule has 0 saturated heterocycles. The fraction of sp³-hybridized carbons (Fsp3) is 0.364. The number of aliphatic hydroxyl groups excluding tert-OH is 4. The van der Waals surface area contributed by atoms with Gasteiger partial charge in [0.1, 0.15) is 18.3 Å². The number of hydrogen-bond acceptors (Lipinski definition) is 6. The highest BCUT2D eigenvalue weighted by molar-refractivity contribution is 5.65. The quantitative estimate of drug-likeness (QED) is 0.329. The molecule has 5 N–H and O–H groups in total. The standard InChI is InChI=1S/C11H16N2O4/c14-7-10(16)11(17)9(15)6-12-13-8-4-2-1-3-5-8/h1-6,9-11,13-17H,7H2/b12-6-/t9-,10+,11-/m0/s1. The first-order chi connectivity index (χ1) is 8.15. The number of anilines is 1. The van der Waals surface area contributed by atoms with E-state index in [0.29, 0.717) is 0 Å². The summed E-state index contributed by atoms with van der Waals surface area (Å²) in [7, 11) is 0. The molecule has 0 aliphatic heterocycles. The fourth-order valence-electron chi connectivity index (χ4n) is 1.12. The van der Waals surface area contributed by atoms with E-state index >= 15 is 0 Å². The zero-order valence-electron chi connectivity index (χ0n) is 9.14. The van der Waals surface area contributed by atoms with Crippen molar-refractivity contribution >= 4 is 11.9 Å². The van der Waals surface area contributed by atoms with Crippen molar-refractivity contribution in [3.05, 3.63) is 30.3 Å². The summed E-state index contributed by atoms with van der Waals surface area (Å²) in [6.07, 6.45) is -3.17. The molecule has 0 unspecified atom stereocenters. The van der Waals surface area contributed by atoms with Gasteiger partial charge in [-0.3, -0.25) is 5.43 Å². The molecule has 6 nitrogen and oxygen atoms in total. The molecule has 0 aliphatic rings. The van der Waals surface area contributed by atoms with Gasteiger partial charge in [-0.1, -0.05) is 18.2 Å². The van der Waals surface area contributed by atoms with Crippen LogP contribution >= 0.6 is 0 Å². The second-order valence-electron chi connectivity index (χ2n) is 3.49. The summed E-state index contributed by atoms with van der Waals surface area (Å²) in [5, 5.41) is 40.0. The number of hydrogen-bond donors (Lipinski definition) is 5. The third-order valence-corrected chi connectivity index (χ3v) is 2.13. The van der Waals surface area contributed by atoms with E-state index in [9.17, 15) is 10.2 Å². The first kappa shape index (κ1) is 13.6. The van der Waals surface area contributed by atoms with Crippen LogP contribution in [0.1, 0.15) is 0 Å². The lowest BCUT2D eigenvalue weighted by Crippen LogP contribution is -2.40. The molecule has 1 aromatic carbocycles. The average Bonchev–Trinajstić information content (AvgIpc) is 2.38. The topological polar surface area (TPSA) is 105 Å². The van der Waals surface area contributed by atoms with Crippen LogP contribution in [-0.4, -0.2) is 51.6 Å². The van der Waals surface area contributed by atoms with Crippen LogP contribution in [0.2, 0.25) is 0 Å². The second-order valence-corrected chi connectivity index (χ2v) is 3.49. The van der Waals surface area contributed by atoms with Gasteiger partial charge in [-0.15, -0.1) is 0 Å². The van der Waals surface area contributed by atoms with Crippen molar-refractivity contribution in [2.45, 2.75) is 18.3 Å². The van der Waals surface area contributed by atoms with Gasteiger partial charge in [0, 0.05) is 0 Å². The Labute approximate surface area is 98.8 Å². The molecule has 0 amide bonds. The molecule has 0 bridgehead atoms. The van der Waals surface area contributed by atoms with E-state index in [-0.39, 0.29) is 0 Å². The molecule has 3 atom stereocenters. The van der Waals surface area contributed by atoms with Gasteiger partial charge in [0.15, 0.2) is 0 Å². The molecule has 6 heteroatoms. The van der Waals surface area contributed by atoms with Crippen molar-refractivity contribution in [3.8, 4) is 0 Å². The zero-order chi connectivity index (χ0) is 12.7.